The third-order valence-electron chi connectivity index (χ3n) is 3.40. The maximum Gasteiger partial charge on any atom is 0.334 e. The third kappa shape index (κ3) is 2.25. The molecule has 2 heterocycles. The Morgan fingerprint density at radius 1 is 0.947 bits per heavy atom. The standard InChI is InChI=1S/C12H16O6Si/c1-19(2,11-7(9(13)14)3-5-17-11)12-8(10(15)16)4-6-18-12/h3-6H2,1-2H3,(H,13,14)(H,15,16). The molecule has 0 aliphatic carbocycles. The Bertz CT molecular complexity index is 458. The fourth-order valence-electron chi connectivity index (χ4n) is 2.54. The van der Waals surface area contributed by atoms with E-state index in [2.05, 4.69) is 0 Å². The zero-order chi connectivity index (χ0) is 14.2. The molecule has 0 aromatic heterocycles. The van der Waals surface area contributed by atoms with Gasteiger partial charge in [-0.2, -0.15) is 0 Å². The Morgan fingerprint density at radius 3 is 1.63 bits per heavy atom. The summed E-state index contributed by atoms with van der Waals surface area (Å²) in [4.78, 5) is 22.4. The lowest BCUT2D eigenvalue weighted by atomic mass is 10.2. The second-order valence-electron chi connectivity index (χ2n) is 5.05. The Morgan fingerprint density at radius 2 is 1.32 bits per heavy atom. The maximum absolute atomic E-state index is 11.2. The van der Waals surface area contributed by atoms with Gasteiger partial charge in [-0.25, -0.2) is 9.59 Å². The molecule has 0 spiro atoms. The first-order chi connectivity index (χ1) is 8.85. The first-order valence-electron chi connectivity index (χ1n) is 6.05. The molecule has 0 bridgehead atoms. The SMILES string of the molecule is C[Si](C)(C1=C(C(=O)O)CCO1)C1=C(C(=O)O)CCO1. The second kappa shape index (κ2) is 4.73. The van der Waals surface area contributed by atoms with Gasteiger partial charge < -0.3 is 19.7 Å². The van der Waals surface area contributed by atoms with Gasteiger partial charge in [-0.3, -0.25) is 0 Å². The minimum Gasteiger partial charge on any atom is -0.502 e. The van der Waals surface area contributed by atoms with E-state index in [4.69, 9.17) is 9.47 Å². The molecule has 0 amide bonds. The first-order valence-corrected chi connectivity index (χ1v) is 9.05. The highest BCUT2D eigenvalue weighted by Crippen LogP contribution is 2.37. The number of carbonyl (C=O) groups is 2. The van der Waals surface area contributed by atoms with Crippen LogP contribution in [0.15, 0.2) is 21.9 Å². The van der Waals surface area contributed by atoms with Crippen molar-refractivity contribution in [2.45, 2.75) is 25.9 Å². The smallest absolute Gasteiger partial charge is 0.334 e. The van der Waals surface area contributed by atoms with Gasteiger partial charge >= 0.3 is 11.9 Å². The number of carboxylic acid groups (broad SMARTS) is 2. The van der Waals surface area contributed by atoms with E-state index in [9.17, 15) is 19.8 Å². The summed E-state index contributed by atoms with van der Waals surface area (Å²) in [6.45, 7) is 4.40. The van der Waals surface area contributed by atoms with Crippen molar-refractivity contribution in [3.05, 3.63) is 21.9 Å². The molecule has 0 aromatic rings. The van der Waals surface area contributed by atoms with E-state index in [1.54, 1.807) is 0 Å². The van der Waals surface area contributed by atoms with Gasteiger partial charge in [-0.1, -0.05) is 13.1 Å². The quantitative estimate of drug-likeness (QED) is 0.756. The molecule has 2 rings (SSSR count). The Balaban J connectivity index is 2.48. The molecule has 0 aromatic carbocycles. The fraction of sp³-hybridized carbons (Fsp3) is 0.500. The zero-order valence-electron chi connectivity index (χ0n) is 10.9. The molecule has 0 atom stereocenters. The molecule has 6 nitrogen and oxygen atoms in total. The molecule has 104 valence electrons. The summed E-state index contributed by atoms with van der Waals surface area (Å²) in [6.07, 6.45) is 0.716. The Hall–Kier alpha value is -1.76. The fourth-order valence-corrected chi connectivity index (χ4v) is 5.64. The van der Waals surface area contributed by atoms with E-state index in [1.807, 2.05) is 13.1 Å². The minimum atomic E-state index is -2.54. The Kier molecular flexibility index (Phi) is 3.40. The molecular formula is C12H16O6Si. The lowest BCUT2D eigenvalue weighted by Gasteiger charge is -2.25. The molecule has 2 aliphatic heterocycles. The van der Waals surface area contributed by atoms with E-state index in [0.29, 0.717) is 36.8 Å². The largest absolute Gasteiger partial charge is 0.502 e. The summed E-state index contributed by atoms with van der Waals surface area (Å²) in [5.41, 5.74) is 0.508. The van der Waals surface area contributed by atoms with Crippen LogP contribution in [0.25, 0.3) is 0 Å². The van der Waals surface area contributed by atoms with Gasteiger partial charge in [0.2, 0.25) is 8.07 Å². The molecule has 0 unspecified atom stereocenters. The summed E-state index contributed by atoms with van der Waals surface area (Å²) in [5, 5.41) is 19.2. The lowest BCUT2D eigenvalue weighted by Crippen LogP contribution is -2.36. The third-order valence-corrected chi connectivity index (χ3v) is 6.56. The van der Waals surface area contributed by atoms with Crippen molar-refractivity contribution in [3.63, 3.8) is 0 Å². The molecule has 2 N–H and O–H groups in total. The summed E-state index contributed by atoms with van der Waals surface area (Å²) in [7, 11) is -2.54. The van der Waals surface area contributed by atoms with Crippen molar-refractivity contribution in [1.29, 1.82) is 0 Å². The van der Waals surface area contributed by atoms with Gasteiger partial charge in [0.25, 0.3) is 0 Å². The second-order valence-corrected chi connectivity index (χ2v) is 9.21. The predicted octanol–water partition coefficient (Wildman–Crippen LogP) is 1.29. The number of aliphatic carboxylic acids is 2. The Labute approximate surface area is 111 Å². The van der Waals surface area contributed by atoms with Crippen molar-refractivity contribution in [2.75, 3.05) is 13.2 Å². The van der Waals surface area contributed by atoms with Gasteiger partial charge in [0.15, 0.2) is 0 Å². The van der Waals surface area contributed by atoms with E-state index < -0.39 is 20.0 Å². The van der Waals surface area contributed by atoms with Crippen LogP contribution in [0.1, 0.15) is 12.8 Å². The topological polar surface area (TPSA) is 93.1 Å². The predicted molar refractivity (Wildman–Crippen MR) is 67.9 cm³/mol. The molecule has 0 saturated carbocycles. The first kappa shape index (κ1) is 13.7. The molecule has 0 saturated heterocycles. The zero-order valence-corrected chi connectivity index (χ0v) is 11.9. The normalized spacial score (nSPS) is 19.5. The van der Waals surface area contributed by atoms with Gasteiger partial charge in [0.05, 0.1) is 35.1 Å². The highest BCUT2D eigenvalue weighted by molar-refractivity contribution is 6.90. The van der Waals surface area contributed by atoms with Crippen LogP contribution in [0.5, 0.6) is 0 Å². The highest BCUT2D eigenvalue weighted by Gasteiger charge is 2.44. The van der Waals surface area contributed by atoms with Crippen molar-refractivity contribution in [1.82, 2.24) is 0 Å². The monoisotopic (exact) mass is 284 g/mol. The van der Waals surface area contributed by atoms with E-state index in [-0.39, 0.29) is 11.1 Å². The van der Waals surface area contributed by atoms with Crippen LogP contribution in [0, 0.1) is 0 Å². The van der Waals surface area contributed by atoms with Crippen LogP contribution >= 0.6 is 0 Å². The molecule has 2 aliphatic rings. The van der Waals surface area contributed by atoms with Gasteiger partial charge in [-0.15, -0.1) is 0 Å². The highest BCUT2D eigenvalue weighted by atomic mass is 28.3. The number of ether oxygens (including phenoxy) is 2. The number of rotatable bonds is 4. The molecule has 0 radical (unpaired) electrons. The van der Waals surface area contributed by atoms with Crippen LogP contribution in [0.4, 0.5) is 0 Å². The average molecular weight is 284 g/mol. The molecule has 19 heavy (non-hydrogen) atoms. The van der Waals surface area contributed by atoms with E-state index in [1.165, 1.54) is 0 Å². The van der Waals surface area contributed by atoms with Crippen LogP contribution in [-0.2, 0) is 19.1 Å². The summed E-state index contributed by atoms with van der Waals surface area (Å²) in [6, 6.07) is 0. The summed E-state index contributed by atoms with van der Waals surface area (Å²) in [5.74, 6) is -1.99. The summed E-state index contributed by atoms with van der Waals surface area (Å²) >= 11 is 0. The lowest BCUT2D eigenvalue weighted by molar-refractivity contribution is -0.133. The maximum atomic E-state index is 11.2. The van der Waals surface area contributed by atoms with Crippen molar-refractivity contribution in [2.24, 2.45) is 0 Å². The molecule has 7 heteroatoms. The van der Waals surface area contributed by atoms with Crippen LogP contribution in [0.3, 0.4) is 0 Å². The van der Waals surface area contributed by atoms with Crippen LogP contribution in [0.2, 0.25) is 13.1 Å². The summed E-state index contributed by atoms with van der Waals surface area (Å²) < 4.78 is 11.0. The van der Waals surface area contributed by atoms with E-state index >= 15 is 0 Å². The van der Waals surface area contributed by atoms with Crippen molar-refractivity contribution < 1.29 is 29.3 Å². The van der Waals surface area contributed by atoms with Gasteiger partial charge in [-0.05, 0) is 0 Å². The van der Waals surface area contributed by atoms with Crippen LogP contribution < -0.4 is 0 Å². The molecule has 0 fully saturated rings. The van der Waals surface area contributed by atoms with Gasteiger partial charge in [0.1, 0.15) is 0 Å². The van der Waals surface area contributed by atoms with Crippen molar-refractivity contribution >= 4 is 20.0 Å². The van der Waals surface area contributed by atoms with Crippen LogP contribution in [-0.4, -0.2) is 43.4 Å². The number of hydrogen-bond acceptors (Lipinski definition) is 4. The minimum absolute atomic E-state index is 0.254. The van der Waals surface area contributed by atoms with Gasteiger partial charge in [0, 0.05) is 12.8 Å². The average Bonchev–Trinajstić information content (AvgIpc) is 2.98. The van der Waals surface area contributed by atoms with Crippen molar-refractivity contribution in [3.8, 4) is 0 Å². The number of carboxylic acids is 2. The molecular weight excluding hydrogens is 268 g/mol. The number of hydrogen-bond donors (Lipinski definition) is 2. The van der Waals surface area contributed by atoms with E-state index in [0.717, 1.165) is 0 Å².